The first-order valence-electron chi connectivity index (χ1n) is 8.44. The maximum Gasteiger partial charge on any atom is 0.130 e. The lowest BCUT2D eigenvalue weighted by Crippen LogP contribution is -2.31. The van der Waals surface area contributed by atoms with E-state index in [1.165, 1.54) is 22.1 Å². The fourth-order valence-corrected chi connectivity index (χ4v) is 3.31. The average molecular weight is 315 g/mol. The number of anilines is 2. The highest BCUT2D eigenvalue weighted by atomic mass is 15.1. The number of para-hydroxylation sites is 1. The number of amidine groups is 1. The van der Waals surface area contributed by atoms with E-state index in [1.807, 2.05) is 0 Å². The molecule has 3 aromatic carbocycles. The molecule has 1 N–H and O–H groups in total. The van der Waals surface area contributed by atoms with Crippen molar-refractivity contribution in [2.75, 3.05) is 25.0 Å². The molecule has 4 rings (SSSR count). The summed E-state index contributed by atoms with van der Waals surface area (Å²) in [5, 5.41) is 5.96. The quantitative estimate of drug-likeness (QED) is 0.778. The molecular formula is C21H21N3. The summed E-state index contributed by atoms with van der Waals surface area (Å²) in [4.78, 5) is 6.94. The third-order valence-electron chi connectivity index (χ3n) is 4.55. The Morgan fingerprint density at radius 3 is 2.50 bits per heavy atom. The molecule has 0 unspecified atom stereocenters. The Labute approximate surface area is 142 Å². The normalized spacial score (nSPS) is 14.1. The van der Waals surface area contributed by atoms with Gasteiger partial charge in [0.25, 0.3) is 0 Å². The van der Waals surface area contributed by atoms with E-state index >= 15 is 0 Å². The Morgan fingerprint density at radius 2 is 1.62 bits per heavy atom. The van der Waals surface area contributed by atoms with E-state index in [4.69, 9.17) is 0 Å². The van der Waals surface area contributed by atoms with E-state index in [2.05, 4.69) is 89.0 Å². The van der Waals surface area contributed by atoms with Gasteiger partial charge in [-0.05, 0) is 30.0 Å². The van der Waals surface area contributed by atoms with Crippen LogP contribution in [0, 0.1) is 0 Å². The van der Waals surface area contributed by atoms with Crippen LogP contribution in [-0.2, 0) is 0 Å². The van der Waals surface area contributed by atoms with Crippen LogP contribution in [0.3, 0.4) is 0 Å². The number of aliphatic imine (C=N–C) groups is 1. The highest BCUT2D eigenvalue weighted by molar-refractivity contribution is 6.06. The molecule has 24 heavy (non-hydrogen) atoms. The maximum absolute atomic E-state index is 4.68. The zero-order valence-corrected chi connectivity index (χ0v) is 13.9. The van der Waals surface area contributed by atoms with Gasteiger partial charge < -0.3 is 10.2 Å². The smallest absolute Gasteiger partial charge is 0.130 e. The first-order chi connectivity index (χ1) is 11.8. The van der Waals surface area contributed by atoms with E-state index in [9.17, 15) is 0 Å². The van der Waals surface area contributed by atoms with Crippen LogP contribution in [0.1, 0.15) is 12.0 Å². The predicted molar refractivity (Wildman–Crippen MR) is 102 cm³/mol. The van der Waals surface area contributed by atoms with Crippen molar-refractivity contribution in [1.29, 1.82) is 0 Å². The molecule has 1 heterocycles. The molecule has 120 valence electrons. The second-order valence-corrected chi connectivity index (χ2v) is 6.09. The topological polar surface area (TPSA) is 27.6 Å². The number of hydrogen-bond donors (Lipinski definition) is 1. The Morgan fingerprint density at radius 1 is 0.875 bits per heavy atom. The van der Waals surface area contributed by atoms with Crippen LogP contribution in [0.5, 0.6) is 0 Å². The summed E-state index contributed by atoms with van der Waals surface area (Å²) in [5.74, 6) is 1.00. The standard InChI is InChI=1S/C21H21N3/c1-24(19-13-6-9-16-8-2-3-10-17(16)19)20-12-5-4-11-18(20)21-22-14-7-15-23-21/h2-6,8-13H,7,14-15H2,1H3,(H,22,23). The first kappa shape index (κ1) is 14.8. The molecular weight excluding hydrogens is 294 g/mol. The van der Waals surface area contributed by atoms with Gasteiger partial charge in [-0.15, -0.1) is 0 Å². The van der Waals surface area contributed by atoms with Crippen molar-refractivity contribution < 1.29 is 0 Å². The van der Waals surface area contributed by atoms with Crippen LogP contribution >= 0.6 is 0 Å². The fourth-order valence-electron chi connectivity index (χ4n) is 3.31. The molecule has 0 amide bonds. The number of nitrogens with one attached hydrogen (secondary N) is 1. The summed E-state index contributed by atoms with van der Waals surface area (Å²) < 4.78 is 0. The van der Waals surface area contributed by atoms with Crippen LogP contribution in [0.15, 0.2) is 71.7 Å². The molecule has 1 aliphatic heterocycles. The van der Waals surface area contributed by atoms with Gasteiger partial charge in [0.15, 0.2) is 0 Å². The molecule has 1 aliphatic rings. The van der Waals surface area contributed by atoms with E-state index in [-0.39, 0.29) is 0 Å². The molecule has 0 radical (unpaired) electrons. The Kier molecular flexibility index (Phi) is 3.91. The Bertz CT molecular complexity index is 893. The average Bonchev–Trinajstić information content (AvgIpc) is 2.68. The van der Waals surface area contributed by atoms with E-state index in [0.29, 0.717) is 0 Å². The van der Waals surface area contributed by atoms with Gasteiger partial charge in [0.2, 0.25) is 0 Å². The van der Waals surface area contributed by atoms with Crippen molar-refractivity contribution in [3.8, 4) is 0 Å². The number of fused-ring (bicyclic) bond motifs is 1. The monoisotopic (exact) mass is 315 g/mol. The van der Waals surface area contributed by atoms with Crippen molar-refractivity contribution >= 4 is 28.0 Å². The molecule has 0 saturated carbocycles. The zero-order valence-electron chi connectivity index (χ0n) is 13.9. The number of nitrogens with zero attached hydrogens (tertiary/aromatic N) is 2. The van der Waals surface area contributed by atoms with Gasteiger partial charge in [-0.2, -0.15) is 0 Å². The van der Waals surface area contributed by atoms with Crippen LogP contribution in [-0.4, -0.2) is 26.0 Å². The lowest BCUT2D eigenvalue weighted by molar-refractivity contribution is 0.742. The van der Waals surface area contributed by atoms with Crippen molar-refractivity contribution in [3.05, 3.63) is 72.3 Å². The molecule has 3 aromatic rings. The molecule has 0 saturated heterocycles. The first-order valence-corrected chi connectivity index (χ1v) is 8.44. The summed E-state index contributed by atoms with van der Waals surface area (Å²) in [7, 11) is 2.13. The predicted octanol–water partition coefficient (Wildman–Crippen LogP) is 4.35. The largest absolute Gasteiger partial charge is 0.370 e. The molecule has 0 fully saturated rings. The molecule has 0 bridgehead atoms. The van der Waals surface area contributed by atoms with Gasteiger partial charge in [-0.1, -0.05) is 48.5 Å². The van der Waals surface area contributed by atoms with Crippen LogP contribution in [0.4, 0.5) is 11.4 Å². The molecule has 0 spiro atoms. The number of rotatable bonds is 3. The van der Waals surface area contributed by atoms with Crippen LogP contribution < -0.4 is 10.2 Å². The summed E-state index contributed by atoms with van der Waals surface area (Å²) in [6.07, 6.45) is 1.10. The van der Waals surface area contributed by atoms with Gasteiger partial charge in [-0.3, -0.25) is 4.99 Å². The van der Waals surface area contributed by atoms with Gasteiger partial charge in [0.05, 0.1) is 5.69 Å². The number of benzene rings is 3. The molecule has 3 heteroatoms. The minimum atomic E-state index is 0.897. The van der Waals surface area contributed by atoms with Gasteiger partial charge in [0, 0.05) is 36.8 Å². The minimum Gasteiger partial charge on any atom is -0.370 e. The summed E-state index contributed by atoms with van der Waals surface area (Å²) >= 11 is 0. The molecule has 0 atom stereocenters. The summed E-state index contributed by atoms with van der Waals surface area (Å²) in [6, 6.07) is 23.4. The van der Waals surface area contributed by atoms with Crippen molar-refractivity contribution in [2.24, 2.45) is 4.99 Å². The Hall–Kier alpha value is -2.81. The third-order valence-corrected chi connectivity index (χ3v) is 4.55. The van der Waals surface area contributed by atoms with Gasteiger partial charge in [0.1, 0.15) is 5.84 Å². The third kappa shape index (κ3) is 2.62. The van der Waals surface area contributed by atoms with Crippen LogP contribution in [0.25, 0.3) is 10.8 Å². The van der Waals surface area contributed by atoms with Crippen molar-refractivity contribution in [3.63, 3.8) is 0 Å². The lowest BCUT2D eigenvalue weighted by Gasteiger charge is -2.26. The number of hydrogen-bond acceptors (Lipinski definition) is 3. The lowest BCUT2D eigenvalue weighted by atomic mass is 10.1. The molecule has 0 aromatic heterocycles. The van der Waals surface area contributed by atoms with E-state index < -0.39 is 0 Å². The second-order valence-electron chi connectivity index (χ2n) is 6.09. The molecule has 0 aliphatic carbocycles. The highest BCUT2D eigenvalue weighted by Gasteiger charge is 2.16. The molecule has 3 nitrogen and oxygen atoms in total. The van der Waals surface area contributed by atoms with E-state index in [1.54, 1.807) is 0 Å². The minimum absolute atomic E-state index is 0.897. The fraction of sp³-hybridized carbons (Fsp3) is 0.190. The zero-order chi connectivity index (χ0) is 16.4. The van der Waals surface area contributed by atoms with Crippen molar-refractivity contribution in [1.82, 2.24) is 5.32 Å². The van der Waals surface area contributed by atoms with Crippen molar-refractivity contribution in [2.45, 2.75) is 6.42 Å². The highest BCUT2D eigenvalue weighted by Crippen LogP contribution is 2.33. The van der Waals surface area contributed by atoms with Gasteiger partial charge >= 0.3 is 0 Å². The summed E-state index contributed by atoms with van der Waals surface area (Å²) in [5.41, 5.74) is 3.53. The summed E-state index contributed by atoms with van der Waals surface area (Å²) in [6.45, 7) is 1.89. The second kappa shape index (κ2) is 6.36. The maximum atomic E-state index is 4.68. The SMILES string of the molecule is CN(c1ccccc1C1=NCCCN1)c1cccc2ccccc12. The Balaban J connectivity index is 1.82. The van der Waals surface area contributed by atoms with Gasteiger partial charge in [-0.25, -0.2) is 0 Å². The van der Waals surface area contributed by atoms with E-state index in [0.717, 1.165) is 30.9 Å². The van der Waals surface area contributed by atoms with Crippen LogP contribution in [0.2, 0.25) is 0 Å².